The van der Waals surface area contributed by atoms with E-state index in [9.17, 15) is 4.79 Å². The SMILES string of the molecule is CC(CCN)C(=O)Nc1nncn1C. The van der Waals surface area contributed by atoms with E-state index in [1.165, 1.54) is 6.33 Å². The second kappa shape index (κ2) is 4.71. The summed E-state index contributed by atoms with van der Waals surface area (Å²) in [6.45, 7) is 2.34. The second-order valence-corrected chi connectivity index (χ2v) is 3.23. The molecule has 1 amide bonds. The summed E-state index contributed by atoms with van der Waals surface area (Å²) in [5.41, 5.74) is 5.36. The van der Waals surface area contributed by atoms with Gasteiger partial charge in [0.05, 0.1) is 0 Å². The van der Waals surface area contributed by atoms with E-state index in [0.29, 0.717) is 18.9 Å². The van der Waals surface area contributed by atoms with Crippen molar-refractivity contribution in [3.63, 3.8) is 0 Å². The van der Waals surface area contributed by atoms with Crippen LogP contribution in [0.15, 0.2) is 6.33 Å². The Balaban J connectivity index is 2.53. The maximum absolute atomic E-state index is 11.5. The first-order valence-corrected chi connectivity index (χ1v) is 4.50. The molecule has 0 aromatic carbocycles. The monoisotopic (exact) mass is 197 g/mol. The predicted molar refractivity (Wildman–Crippen MR) is 52.5 cm³/mol. The summed E-state index contributed by atoms with van der Waals surface area (Å²) in [4.78, 5) is 11.5. The number of hydrogen-bond donors (Lipinski definition) is 2. The van der Waals surface area contributed by atoms with Crippen molar-refractivity contribution >= 4 is 11.9 Å². The summed E-state index contributed by atoms with van der Waals surface area (Å²) >= 11 is 0. The standard InChI is InChI=1S/C8H15N5O/c1-6(3-4-9)7(14)11-8-12-10-5-13(8)2/h5-6H,3-4,9H2,1-2H3,(H,11,12,14). The van der Waals surface area contributed by atoms with Gasteiger partial charge in [0, 0.05) is 13.0 Å². The molecule has 6 heteroatoms. The van der Waals surface area contributed by atoms with Crippen LogP contribution in [-0.2, 0) is 11.8 Å². The maximum atomic E-state index is 11.5. The lowest BCUT2D eigenvalue weighted by Crippen LogP contribution is -2.24. The van der Waals surface area contributed by atoms with Crippen LogP contribution in [0.1, 0.15) is 13.3 Å². The van der Waals surface area contributed by atoms with Crippen molar-refractivity contribution in [1.29, 1.82) is 0 Å². The van der Waals surface area contributed by atoms with Gasteiger partial charge in [0.15, 0.2) is 0 Å². The Bertz CT molecular complexity index is 308. The van der Waals surface area contributed by atoms with Gasteiger partial charge >= 0.3 is 0 Å². The van der Waals surface area contributed by atoms with E-state index < -0.39 is 0 Å². The first-order valence-electron chi connectivity index (χ1n) is 4.50. The number of nitrogens with two attached hydrogens (primary N) is 1. The largest absolute Gasteiger partial charge is 0.330 e. The lowest BCUT2D eigenvalue weighted by molar-refractivity contribution is -0.119. The van der Waals surface area contributed by atoms with Crippen molar-refractivity contribution in [3.05, 3.63) is 6.33 Å². The number of anilines is 1. The Labute approximate surface area is 82.5 Å². The van der Waals surface area contributed by atoms with Crippen LogP contribution in [0.4, 0.5) is 5.95 Å². The molecular weight excluding hydrogens is 182 g/mol. The van der Waals surface area contributed by atoms with Crippen LogP contribution >= 0.6 is 0 Å². The number of nitrogens with one attached hydrogen (secondary N) is 1. The first kappa shape index (κ1) is 10.6. The fourth-order valence-electron chi connectivity index (χ4n) is 1.01. The van der Waals surface area contributed by atoms with Gasteiger partial charge < -0.3 is 10.3 Å². The van der Waals surface area contributed by atoms with Gasteiger partial charge in [-0.25, -0.2) is 0 Å². The Kier molecular flexibility index (Phi) is 3.58. The van der Waals surface area contributed by atoms with Crippen LogP contribution in [0.5, 0.6) is 0 Å². The lowest BCUT2D eigenvalue weighted by Gasteiger charge is -2.09. The zero-order chi connectivity index (χ0) is 10.6. The zero-order valence-electron chi connectivity index (χ0n) is 8.40. The number of aromatic nitrogens is 3. The number of nitrogens with zero attached hydrogens (tertiary/aromatic N) is 3. The number of carbonyl (C=O) groups excluding carboxylic acids is 1. The van der Waals surface area contributed by atoms with Crippen molar-refractivity contribution in [2.24, 2.45) is 18.7 Å². The molecule has 0 spiro atoms. The fourth-order valence-corrected chi connectivity index (χ4v) is 1.01. The minimum Gasteiger partial charge on any atom is -0.330 e. The summed E-state index contributed by atoms with van der Waals surface area (Å²) in [5, 5.41) is 10.1. The van der Waals surface area contributed by atoms with E-state index in [4.69, 9.17) is 5.73 Å². The average molecular weight is 197 g/mol. The Morgan fingerprint density at radius 3 is 3.00 bits per heavy atom. The molecule has 3 N–H and O–H groups in total. The van der Waals surface area contributed by atoms with E-state index in [2.05, 4.69) is 15.5 Å². The molecule has 0 radical (unpaired) electrons. The molecule has 0 saturated carbocycles. The third kappa shape index (κ3) is 2.53. The van der Waals surface area contributed by atoms with Gasteiger partial charge in [0.2, 0.25) is 11.9 Å². The summed E-state index contributed by atoms with van der Waals surface area (Å²) < 4.78 is 1.65. The van der Waals surface area contributed by atoms with Crippen LogP contribution in [0.3, 0.4) is 0 Å². The van der Waals surface area contributed by atoms with Crippen molar-refractivity contribution < 1.29 is 4.79 Å². The lowest BCUT2D eigenvalue weighted by atomic mass is 10.1. The molecule has 0 saturated heterocycles. The normalized spacial score (nSPS) is 12.5. The highest BCUT2D eigenvalue weighted by Gasteiger charge is 2.13. The predicted octanol–water partition coefficient (Wildman–Crippen LogP) is -0.262. The second-order valence-electron chi connectivity index (χ2n) is 3.23. The van der Waals surface area contributed by atoms with Gasteiger partial charge in [-0.2, -0.15) is 0 Å². The molecule has 0 aliphatic heterocycles. The van der Waals surface area contributed by atoms with E-state index in [1.54, 1.807) is 11.6 Å². The fraction of sp³-hybridized carbons (Fsp3) is 0.625. The number of aryl methyl sites for hydroxylation is 1. The van der Waals surface area contributed by atoms with Crippen LogP contribution in [-0.4, -0.2) is 27.2 Å². The molecule has 0 fully saturated rings. The highest BCUT2D eigenvalue weighted by atomic mass is 16.2. The third-order valence-electron chi connectivity index (χ3n) is 1.99. The molecule has 1 rings (SSSR count). The summed E-state index contributed by atoms with van der Waals surface area (Å²) in [6, 6.07) is 0. The van der Waals surface area contributed by atoms with E-state index in [0.717, 1.165) is 0 Å². The van der Waals surface area contributed by atoms with E-state index in [-0.39, 0.29) is 11.8 Å². The van der Waals surface area contributed by atoms with Crippen LogP contribution in [0.25, 0.3) is 0 Å². The molecular formula is C8H15N5O. The molecule has 1 atom stereocenters. The van der Waals surface area contributed by atoms with Gasteiger partial charge in [0.25, 0.3) is 0 Å². The topological polar surface area (TPSA) is 85.8 Å². The van der Waals surface area contributed by atoms with Crippen LogP contribution in [0.2, 0.25) is 0 Å². The molecule has 78 valence electrons. The summed E-state index contributed by atoms with van der Waals surface area (Å²) in [5.74, 6) is 0.280. The van der Waals surface area contributed by atoms with Gasteiger partial charge in [-0.1, -0.05) is 6.92 Å². The molecule has 0 aliphatic rings. The van der Waals surface area contributed by atoms with Gasteiger partial charge in [0.1, 0.15) is 6.33 Å². The van der Waals surface area contributed by atoms with Crippen molar-refractivity contribution in [1.82, 2.24) is 14.8 Å². The smallest absolute Gasteiger partial charge is 0.230 e. The maximum Gasteiger partial charge on any atom is 0.230 e. The number of rotatable bonds is 4. The molecule has 14 heavy (non-hydrogen) atoms. The Morgan fingerprint density at radius 1 is 1.79 bits per heavy atom. The van der Waals surface area contributed by atoms with Gasteiger partial charge in [-0.05, 0) is 13.0 Å². The summed E-state index contributed by atoms with van der Waals surface area (Å²) in [6.07, 6.45) is 2.20. The summed E-state index contributed by atoms with van der Waals surface area (Å²) in [7, 11) is 1.77. The van der Waals surface area contributed by atoms with Gasteiger partial charge in [-0.3, -0.25) is 10.1 Å². The first-order chi connectivity index (χ1) is 6.65. The van der Waals surface area contributed by atoms with Crippen molar-refractivity contribution in [2.45, 2.75) is 13.3 Å². The molecule has 0 aliphatic carbocycles. The van der Waals surface area contributed by atoms with E-state index in [1.807, 2.05) is 6.92 Å². The minimum absolute atomic E-state index is 0.0773. The molecule has 1 aromatic rings. The quantitative estimate of drug-likeness (QED) is 0.696. The molecule has 6 nitrogen and oxygen atoms in total. The molecule has 1 heterocycles. The van der Waals surface area contributed by atoms with Crippen molar-refractivity contribution in [2.75, 3.05) is 11.9 Å². The van der Waals surface area contributed by atoms with Crippen LogP contribution in [0, 0.1) is 5.92 Å². The van der Waals surface area contributed by atoms with Crippen LogP contribution < -0.4 is 11.1 Å². The average Bonchev–Trinajstić information content (AvgIpc) is 2.52. The Hall–Kier alpha value is -1.43. The number of amides is 1. The third-order valence-corrected chi connectivity index (χ3v) is 1.99. The zero-order valence-corrected chi connectivity index (χ0v) is 8.40. The van der Waals surface area contributed by atoms with Crippen molar-refractivity contribution in [3.8, 4) is 0 Å². The number of carbonyl (C=O) groups is 1. The Morgan fingerprint density at radius 2 is 2.50 bits per heavy atom. The van der Waals surface area contributed by atoms with Gasteiger partial charge in [-0.15, -0.1) is 10.2 Å². The minimum atomic E-state index is -0.100. The highest BCUT2D eigenvalue weighted by molar-refractivity contribution is 5.90. The molecule has 0 bridgehead atoms. The molecule has 1 unspecified atom stereocenters. The van der Waals surface area contributed by atoms with E-state index >= 15 is 0 Å². The molecule has 1 aromatic heterocycles. The number of hydrogen-bond acceptors (Lipinski definition) is 4. The highest BCUT2D eigenvalue weighted by Crippen LogP contribution is 2.05.